The molecule has 2 aromatic rings. The van der Waals surface area contributed by atoms with Gasteiger partial charge < -0.3 is 16.0 Å². The number of amides is 1. The summed E-state index contributed by atoms with van der Waals surface area (Å²) in [5.74, 6) is -0.144. The molecule has 1 amide bonds. The highest BCUT2D eigenvalue weighted by atomic mass is 79.9. The third kappa shape index (κ3) is 2.93. The first kappa shape index (κ1) is 15.2. The SMILES string of the molecule is Br.CNC(=O)[C@@H](N)Cc1c[nH]c2c(Br)cccc12. The Morgan fingerprint density at radius 3 is 2.94 bits per heavy atom. The van der Waals surface area contributed by atoms with Crippen molar-refractivity contribution in [2.45, 2.75) is 12.5 Å². The highest BCUT2D eigenvalue weighted by Gasteiger charge is 2.15. The van der Waals surface area contributed by atoms with Crippen molar-refractivity contribution in [2.75, 3.05) is 7.05 Å². The second-order valence-electron chi connectivity index (χ2n) is 3.90. The Morgan fingerprint density at radius 1 is 1.56 bits per heavy atom. The molecule has 1 aromatic heterocycles. The van der Waals surface area contributed by atoms with Crippen LogP contribution in [0.15, 0.2) is 28.9 Å². The number of aromatic nitrogens is 1. The maximum Gasteiger partial charge on any atom is 0.237 e. The highest BCUT2D eigenvalue weighted by Crippen LogP contribution is 2.26. The third-order valence-corrected chi connectivity index (χ3v) is 3.43. The van der Waals surface area contributed by atoms with Crippen molar-refractivity contribution < 1.29 is 4.79 Å². The van der Waals surface area contributed by atoms with Gasteiger partial charge in [0.25, 0.3) is 0 Å². The molecule has 1 atom stereocenters. The number of carbonyl (C=O) groups is 1. The van der Waals surface area contributed by atoms with Crippen LogP contribution < -0.4 is 11.1 Å². The van der Waals surface area contributed by atoms with Crippen LogP contribution in [0, 0.1) is 0 Å². The number of rotatable bonds is 3. The summed E-state index contributed by atoms with van der Waals surface area (Å²) in [5.41, 5.74) is 7.90. The van der Waals surface area contributed by atoms with Gasteiger partial charge in [-0.15, -0.1) is 17.0 Å². The van der Waals surface area contributed by atoms with E-state index in [2.05, 4.69) is 26.2 Å². The predicted molar refractivity (Wildman–Crippen MR) is 82.1 cm³/mol. The summed E-state index contributed by atoms with van der Waals surface area (Å²) >= 11 is 3.48. The second kappa shape index (κ2) is 6.36. The molecule has 0 spiro atoms. The molecular formula is C12H15Br2N3O. The quantitative estimate of drug-likeness (QED) is 0.767. The lowest BCUT2D eigenvalue weighted by molar-refractivity contribution is -0.121. The number of H-pyrrole nitrogens is 1. The van der Waals surface area contributed by atoms with Gasteiger partial charge in [-0.1, -0.05) is 12.1 Å². The van der Waals surface area contributed by atoms with Gasteiger partial charge in [0, 0.05) is 23.1 Å². The molecule has 1 aromatic carbocycles. The monoisotopic (exact) mass is 375 g/mol. The fraction of sp³-hybridized carbons (Fsp3) is 0.250. The molecule has 0 aliphatic heterocycles. The average molecular weight is 377 g/mol. The van der Waals surface area contributed by atoms with Gasteiger partial charge in [-0.25, -0.2) is 0 Å². The number of nitrogens with two attached hydrogens (primary N) is 1. The lowest BCUT2D eigenvalue weighted by Gasteiger charge is -2.08. The number of carbonyl (C=O) groups excluding carboxylic acids is 1. The Bertz CT molecular complexity index is 553. The minimum Gasteiger partial charge on any atom is -0.360 e. The van der Waals surface area contributed by atoms with Gasteiger partial charge in [0.15, 0.2) is 0 Å². The number of fused-ring (bicyclic) bond motifs is 1. The van der Waals surface area contributed by atoms with E-state index in [4.69, 9.17) is 5.73 Å². The van der Waals surface area contributed by atoms with Crippen molar-refractivity contribution in [2.24, 2.45) is 5.73 Å². The van der Waals surface area contributed by atoms with Crippen LogP contribution in [0.3, 0.4) is 0 Å². The molecule has 0 fully saturated rings. The van der Waals surface area contributed by atoms with E-state index in [-0.39, 0.29) is 22.9 Å². The van der Waals surface area contributed by atoms with Gasteiger partial charge in [-0.2, -0.15) is 0 Å². The smallest absolute Gasteiger partial charge is 0.237 e. The number of halogens is 2. The summed E-state index contributed by atoms with van der Waals surface area (Å²) in [6.07, 6.45) is 2.42. The van der Waals surface area contributed by atoms with Crippen LogP contribution in [-0.2, 0) is 11.2 Å². The van der Waals surface area contributed by atoms with Crippen LogP contribution in [0.4, 0.5) is 0 Å². The minimum atomic E-state index is -0.516. The molecule has 0 aliphatic carbocycles. The van der Waals surface area contributed by atoms with E-state index in [1.165, 1.54) is 0 Å². The Labute approximate surface area is 124 Å². The molecule has 0 saturated carbocycles. The van der Waals surface area contributed by atoms with Crippen LogP contribution in [-0.4, -0.2) is 24.0 Å². The molecule has 4 nitrogen and oxygen atoms in total. The van der Waals surface area contributed by atoms with Crippen LogP contribution in [0.2, 0.25) is 0 Å². The Balaban J connectivity index is 0.00000162. The maximum atomic E-state index is 11.4. The topological polar surface area (TPSA) is 70.9 Å². The second-order valence-corrected chi connectivity index (χ2v) is 4.76. The van der Waals surface area contributed by atoms with Gasteiger partial charge in [0.05, 0.1) is 11.6 Å². The van der Waals surface area contributed by atoms with E-state index in [0.717, 1.165) is 20.9 Å². The largest absolute Gasteiger partial charge is 0.360 e. The van der Waals surface area contributed by atoms with E-state index in [1.807, 2.05) is 24.4 Å². The summed E-state index contributed by atoms with van der Waals surface area (Å²) in [5, 5.41) is 3.65. The lowest BCUT2D eigenvalue weighted by Crippen LogP contribution is -2.40. The Hall–Kier alpha value is -0.850. The van der Waals surface area contributed by atoms with E-state index in [0.29, 0.717) is 6.42 Å². The number of hydrogen-bond acceptors (Lipinski definition) is 2. The third-order valence-electron chi connectivity index (χ3n) is 2.77. The van der Waals surface area contributed by atoms with Crippen molar-refractivity contribution in [3.63, 3.8) is 0 Å². The first-order valence-corrected chi connectivity index (χ1v) is 6.14. The van der Waals surface area contributed by atoms with Crippen LogP contribution >= 0.6 is 32.9 Å². The fourth-order valence-electron chi connectivity index (χ4n) is 1.86. The highest BCUT2D eigenvalue weighted by molar-refractivity contribution is 9.10. The zero-order chi connectivity index (χ0) is 12.4. The number of benzene rings is 1. The van der Waals surface area contributed by atoms with Crippen molar-refractivity contribution in [1.82, 2.24) is 10.3 Å². The van der Waals surface area contributed by atoms with E-state index < -0.39 is 6.04 Å². The molecule has 0 saturated heterocycles. The molecule has 98 valence electrons. The molecule has 0 aliphatic rings. The Kier molecular flexibility index (Phi) is 5.37. The molecule has 6 heteroatoms. The van der Waals surface area contributed by atoms with Gasteiger partial charge in [-0.3, -0.25) is 4.79 Å². The lowest BCUT2D eigenvalue weighted by atomic mass is 10.1. The van der Waals surface area contributed by atoms with E-state index in [9.17, 15) is 4.79 Å². The molecule has 2 rings (SSSR count). The van der Waals surface area contributed by atoms with Crippen molar-refractivity contribution >= 4 is 49.7 Å². The van der Waals surface area contributed by atoms with Gasteiger partial charge in [0.2, 0.25) is 5.91 Å². The van der Waals surface area contributed by atoms with Crippen molar-refractivity contribution in [3.05, 3.63) is 34.4 Å². The van der Waals surface area contributed by atoms with E-state index in [1.54, 1.807) is 7.05 Å². The summed E-state index contributed by atoms with van der Waals surface area (Å²) in [7, 11) is 1.59. The molecule has 4 N–H and O–H groups in total. The average Bonchev–Trinajstić information content (AvgIpc) is 2.73. The van der Waals surface area contributed by atoms with Gasteiger partial charge in [0.1, 0.15) is 0 Å². The molecule has 0 unspecified atom stereocenters. The first-order chi connectivity index (χ1) is 8.13. The van der Waals surface area contributed by atoms with Gasteiger partial charge in [-0.05, 0) is 34.0 Å². The maximum absolute atomic E-state index is 11.4. The zero-order valence-electron chi connectivity index (χ0n) is 9.87. The van der Waals surface area contributed by atoms with Crippen molar-refractivity contribution in [1.29, 1.82) is 0 Å². The standard InChI is InChI=1S/C12H14BrN3O.BrH/c1-15-12(17)10(14)5-7-6-16-11-8(7)3-2-4-9(11)13;/h2-4,6,10,16H,5,14H2,1H3,(H,15,17);1H/t10-;/m0./s1. The minimum absolute atomic E-state index is 0. The molecule has 1 heterocycles. The molecule has 18 heavy (non-hydrogen) atoms. The van der Waals surface area contributed by atoms with Gasteiger partial charge >= 0.3 is 0 Å². The molecule has 0 bridgehead atoms. The Morgan fingerprint density at radius 2 is 2.28 bits per heavy atom. The molecule has 0 radical (unpaired) electrons. The normalized spacial score (nSPS) is 11.9. The summed E-state index contributed by atoms with van der Waals surface area (Å²) < 4.78 is 1.01. The predicted octanol–water partition coefficient (Wildman–Crippen LogP) is 2.12. The zero-order valence-corrected chi connectivity index (χ0v) is 13.2. The van der Waals surface area contributed by atoms with Crippen LogP contribution in [0.25, 0.3) is 10.9 Å². The summed E-state index contributed by atoms with van der Waals surface area (Å²) in [6, 6.07) is 5.44. The van der Waals surface area contributed by atoms with Crippen LogP contribution in [0.1, 0.15) is 5.56 Å². The van der Waals surface area contributed by atoms with Crippen molar-refractivity contribution in [3.8, 4) is 0 Å². The number of para-hydroxylation sites is 1. The first-order valence-electron chi connectivity index (χ1n) is 5.35. The summed E-state index contributed by atoms with van der Waals surface area (Å²) in [6.45, 7) is 0. The molecular weight excluding hydrogens is 362 g/mol. The number of likely N-dealkylation sites (N-methyl/N-ethyl adjacent to an activating group) is 1. The van der Waals surface area contributed by atoms with Crippen LogP contribution in [0.5, 0.6) is 0 Å². The fourth-order valence-corrected chi connectivity index (χ4v) is 2.34. The number of nitrogens with one attached hydrogen (secondary N) is 2. The summed E-state index contributed by atoms with van der Waals surface area (Å²) in [4.78, 5) is 14.6. The number of hydrogen-bond donors (Lipinski definition) is 3. The number of aromatic amines is 1. The van der Waals surface area contributed by atoms with E-state index >= 15 is 0 Å².